The molecule has 4 nitrogen and oxygen atoms in total. The highest BCUT2D eigenvalue weighted by molar-refractivity contribution is 5.78. The molecule has 0 bridgehead atoms. The van der Waals surface area contributed by atoms with Gasteiger partial charge in [0.2, 0.25) is 5.91 Å². The van der Waals surface area contributed by atoms with Crippen LogP contribution in [0.4, 0.5) is 0 Å². The smallest absolute Gasteiger partial charge is 0.248 e. The van der Waals surface area contributed by atoms with Crippen LogP contribution in [-0.4, -0.2) is 48.8 Å². The van der Waals surface area contributed by atoms with E-state index in [0.29, 0.717) is 12.7 Å². The second-order valence-electron chi connectivity index (χ2n) is 4.59. The molecular weight excluding hydrogens is 194 g/mol. The third-order valence-electron chi connectivity index (χ3n) is 2.99. The summed E-state index contributed by atoms with van der Waals surface area (Å²) < 4.78 is 11.0. The lowest BCUT2D eigenvalue weighted by Gasteiger charge is -2.42. The summed E-state index contributed by atoms with van der Waals surface area (Å²) in [5.41, 5.74) is 0. The normalized spacial score (nSPS) is 31.9. The minimum absolute atomic E-state index is 0.134. The molecular formula is C11H19NO3. The van der Waals surface area contributed by atoms with Crippen molar-refractivity contribution in [2.45, 2.75) is 44.9 Å². The summed E-state index contributed by atoms with van der Waals surface area (Å²) in [4.78, 5) is 13.5. The third-order valence-corrected chi connectivity index (χ3v) is 2.99. The molecule has 0 radical (unpaired) electrons. The SMILES string of the molecule is CC(C)O[C@@H]1CCN2C(=O)COC[C@H]2C1. The zero-order valence-corrected chi connectivity index (χ0v) is 9.44. The number of hydrogen-bond donors (Lipinski definition) is 0. The van der Waals surface area contributed by atoms with E-state index in [9.17, 15) is 4.79 Å². The monoisotopic (exact) mass is 213 g/mol. The number of morpholine rings is 1. The van der Waals surface area contributed by atoms with Gasteiger partial charge in [0.05, 0.1) is 24.9 Å². The molecule has 2 aliphatic rings. The Hall–Kier alpha value is -0.610. The van der Waals surface area contributed by atoms with Gasteiger partial charge >= 0.3 is 0 Å². The maximum absolute atomic E-state index is 11.5. The van der Waals surface area contributed by atoms with Gasteiger partial charge < -0.3 is 14.4 Å². The molecule has 2 fully saturated rings. The predicted molar refractivity (Wildman–Crippen MR) is 55.6 cm³/mol. The van der Waals surface area contributed by atoms with Crippen molar-refractivity contribution in [1.82, 2.24) is 4.90 Å². The minimum Gasteiger partial charge on any atom is -0.375 e. The van der Waals surface area contributed by atoms with E-state index in [1.54, 1.807) is 0 Å². The van der Waals surface area contributed by atoms with Crippen LogP contribution >= 0.6 is 0 Å². The van der Waals surface area contributed by atoms with E-state index in [-0.39, 0.29) is 24.7 Å². The van der Waals surface area contributed by atoms with Crippen LogP contribution in [0.25, 0.3) is 0 Å². The summed E-state index contributed by atoms with van der Waals surface area (Å²) >= 11 is 0. The maximum Gasteiger partial charge on any atom is 0.248 e. The van der Waals surface area contributed by atoms with E-state index in [2.05, 4.69) is 13.8 Å². The molecule has 0 unspecified atom stereocenters. The Kier molecular flexibility index (Phi) is 3.26. The molecule has 2 aliphatic heterocycles. The Labute approximate surface area is 90.5 Å². The third kappa shape index (κ3) is 2.49. The van der Waals surface area contributed by atoms with E-state index in [4.69, 9.17) is 9.47 Å². The van der Waals surface area contributed by atoms with Crippen molar-refractivity contribution in [2.24, 2.45) is 0 Å². The van der Waals surface area contributed by atoms with Crippen molar-refractivity contribution >= 4 is 5.91 Å². The van der Waals surface area contributed by atoms with Crippen molar-refractivity contribution in [3.63, 3.8) is 0 Å². The summed E-state index contributed by atoms with van der Waals surface area (Å²) in [6.07, 6.45) is 2.44. The molecule has 15 heavy (non-hydrogen) atoms. The molecule has 0 N–H and O–H groups in total. The summed E-state index contributed by atoms with van der Waals surface area (Å²) in [5.74, 6) is 0.134. The molecule has 86 valence electrons. The Balaban J connectivity index is 1.91. The zero-order valence-electron chi connectivity index (χ0n) is 9.44. The predicted octanol–water partition coefficient (Wildman–Crippen LogP) is 0.801. The quantitative estimate of drug-likeness (QED) is 0.681. The Morgan fingerprint density at radius 1 is 1.53 bits per heavy atom. The van der Waals surface area contributed by atoms with Gasteiger partial charge in [-0.25, -0.2) is 0 Å². The van der Waals surface area contributed by atoms with Crippen LogP contribution < -0.4 is 0 Å². The van der Waals surface area contributed by atoms with Crippen LogP contribution in [0.2, 0.25) is 0 Å². The van der Waals surface area contributed by atoms with Gasteiger partial charge in [-0.05, 0) is 26.7 Å². The Morgan fingerprint density at radius 3 is 3.07 bits per heavy atom. The molecule has 0 aliphatic carbocycles. The first kappa shape index (κ1) is 10.9. The number of rotatable bonds is 2. The zero-order chi connectivity index (χ0) is 10.8. The van der Waals surface area contributed by atoms with Gasteiger partial charge in [0.1, 0.15) is 6.61 Å². The highest BCUT2D eigenvalue weighted by atomic mass is 16.5. The van der Waals surface area contributed by atoms with Crippen LogP contribution in [0.3, 0.4) is 0 Å². The molecule has 2 atom stereocenters. The fourth-order valence-electron chi connectivity index (χ4n) is 2.37. The number of nitrogens with zero attached hydrogens (tertiary/aromatic N) is 1. The topological polar surface area (TPSA) is 38.8 Å². The molecule has 1 amide bonds. The first-order valence-corrected chi connectivity index (χ1v) is 5.69. The summed E-state index contributed by atoms with van der Waals surface area (Å²) in [5, 5.41) is 0. The van der Waals surface area contributed by atoms with Crippen LogP contribution in [0.5, 0.6) is 0 Å². The van der Waals surface area contributed by atoms with Gasteiger partial charge in [-0.1, -0.05) is 0 Å². The van der Waals surface area contributed by atoms with Crippen molar-refractivity contribution in [1.29, 1.82) is 0 Å². The fraction of sp³-hybridized carbons (Fsp3) is 0.909. The number of fused-ring (bicyclic) bond motifs is 1. The molecule has 2 saturated heterocycles. The molecule has 2 rings (SSSR count). The minimum atomic E-state index is 0.134. The Morgan fingerprint density at radius 2 is 2.33 bits per heavy atom. The number of hydrogen-bond acceptors (Lipinski definition) is 3. The van der Waals surface area contributed by atoms with Crippen molar-refractivity contribution in [2.75, 3.05) is 19.8 Å². The lowest BCUT2D eigenvalue weighted by atomic mass is 9.98. The summed E-state index contributed by atoms with van der Waals surface area (Å²) in [7, 11) is 0. The molecule has 0 aromatic rings. The van der Waals surface area contributed by atoms with E-state index in [1.165, 1.54) is 0 Å². The standard InChI is InChI=1S/C11H19NO3/c1-8(2)15-10-3-4-12-9(5-10)6-14-7-11(12)13/h8-10H,3-7H2,1-2H3/t9-,10-/m1/s1. The second-order valence-corrected chi connectivity index (χ2v) is 4.59. The van der Waals surface area contributed by atoms with Gasteiger partial charge in [-0.2, -0.15) is 0 Å². The van der Waals surface area contributed by atoms with Crippen LogP contribution in [0, 0.1) is 0 Å². The first-order valence-electron chi connectivity index (χ1n) is 5.69. The number of amides is 1. The van der Waals surface area contributed by atoms with E-state index < -0.39 is 0 Å². The van der Waals surface area contributed by atoms with Crippen LogP contribution in [-0.2, 0) is 14.3 Å². The Bertz CT molecular complexity index is 242. The molecule has 0 aromatic heterocycles. The molecule has 2 heterocycles. The van der Waals surface area contributed by atoms with Crippen molar-refractivity contribution in [3.8, 4) is 0 Å². The first-order chi connectivity index (χ1) is 7.16. The highest BCUT2D eigenvalue weighted by Gasteiger charge is 2.35. The van der Waals surface area contributed by atoms with Crippen LogP contribution in [0.15, 0.2) is 0 Å². The van der Waals surface area contributed by atoms with Crippen molar-refractivity contribution in [3.05, 3.63) is 0 Å². The molecule has 0 saturated carbocycles. The fourth-order valence-corrected chi connectivity index (χ4v) is 2.37. The molecule has 0 aromatic carbocycles. The van der Waals surface area contributed by atoms with Gasteiger partial charge in [-0.15, -0.1) is 0 Å². The number of piperidine rings is 1. The van der Waals surface area contributed by atoms with E-state index in [1.807, 2.05) is 4.90 Å². The lowest BCUT2D eigenvalue weighted by Crippen LogP contribution is -2.54. The molecule has 4 heteroatoms. The second kappa shape index (κ2) is 4.49. The molecule has 0 spiro atoms. The summed E-state index contributed by atoms with van der Waals surface area (Å²) in [6.45, 7) is 5.85. The number of carbonyl (C=O) groups is 1. The number of carbonyl (C=O) groups excluding carboxylic acids is 1. The average Bonchev–Trinajstić information content (AvgIpc) is 2.17. The summed E-state index contributed by atoms with van der Waals surface area (Å²) in [6, 6.07) is 0.240. The van der Waals surface area contributed by atoms with Gasteiger partial charge in [-0.3, -0.25) is 4.79 Å². The van der Waals surface area contributed by atoms with E-state index >= 15 is 0 Å². The van der Waals surface area contributed by atoms with Gasteiger partial charge in [0, 0.05) is 6.54 Å². The number of ether oxygens (including phenoxy) is 2. The maximum atomic E-state index is 11.5. The lowest BCUT2D eigenvalue weighted by molar-refractivity contribution is -0.155. The highest BCUT2D eigenvalue weighted by Crippen LogP contribution is 2.23. The average molecular weight is 213 g/mol. The largest absolute Gasteiger partial charge is 0.375 e. The van der Waals surface area contributed by atoms with Crippen LogP contribution in [0.1, 0.15) is 26.7 Å². The van der Waals surface area contributed by atoms with Gasteiger partial charge in [0.15, 0.2) is 0 Å². The van der Waals surface area contributed by atoms with E-state index in [0.717, 1.165) is 19.4 Å². The van der Waals surface area contributed by atoms with Crippen molar-refractivity contribution < 1.29 is 14.3 Å². The van der Waals surface area contributed by atoms with Gasteiger partial charge in [0.25, 0.3) is 0 Å².